The Hall–Kier alpha value is 0. The van der Waals surface area contributed by atoms with Crippen LogP contribution in [0.1, 0.15) is 53.9 Å². The first-order chi connectivity index (χ1) is 5.13. The third-order valence-corrected chi connectivity index (χ3v) is 2.98. The Morgan fingerprint density at radius 3 is 1.82 bits per heavy atom. The van der Waals surface area contributed by atoms with Gasteiger partial charge in [0, 0.05) is 0 Å². The molecule has 0 nitrogen and oxygen atoms in total. The lowest BCUT2D eigenvalue weighted by Crippen LogP contribution is -2.16. The van der Waals surface area contributed by atoms with Gasteiger partial charge in [0.05, 0.1) is 0 Å². The van der Waals surface area contributed by atoms with E-state index in [1.807, 2.05) is 0 Å². The van der Waals surface area contributed by atoms with E-state index in [4.69, 9.17) is 0 Å². The van der Waals surface area contributed by atoms with Crippen LogP contribution in [0.2, 0.25) is 0 Å². The van der Waals surface area contributed by atoms with Gasteiger partial charge in [-0.2, -0.15) is 0 Å². The minimum Gasteiger partial charge on any atom is -0.0654 e. The Morgan fingerprint density at radius 1 is 1.00 bits per heavy atom. The summed E-state index contributed by atoms with van der Waals surface area (Å²) in [5.41, 5.74) is 0. The van der Waals surface area contributed by atoms with Crippen molar-refractivity contribution in [2.45, 2.75) is 53.9 Å². The highest BCUT2D eigenvalue weighted by Crippen LogP contribution is 2.26. The molecule has 0 N–H and O–H groups in total. The van der Waals surface area contributed by atoms with Gasteiger partial charge in [-0.1, -0.05) is 53.9 Å². The smallest absolute Gasteiger partial charge is 0.0389 e. The van der Waals surface area contributed by atoms with Gasteiger partial charge in [0.2, 0.25) is 0 Å². The highest BCUT2D eigenvalue weighted by molar-refractivity contribution is 4.67. The van der Waals surface area contributed by atoms with E-state index in [2.05, 4.69) is 34.6 Å². The maximum absolute atomic E-state index is 2.40. The molecule has 0 bridgehead atoms. The summed E-state index contributed by atoms with van der Waals surface area (Å²) in [6.07, 6.45) is 4.11. The quantitative estimate of drug-likeness (QED) is 0.562. The Morgan fingerprint density at radius 2 is 1.55 bits per heavy atom. The summed E-state index contributed by atoms with van der Waals surface area (Å²) in [4.78, 5) is 0. The van der Waals surface area contributed by atoms with E-state index in [9.17, 15) is 0 Å². The molecule has 0 heterocycles. The van der Waals surface area contributed by atoms with Gasteiger partial charge in [0.15, 0.2) is 0 Å². The molecule has 0 aromatic carbocycles. The molecule has 0 radical (unpaired) electrons. The minimum atomic E-state index is 0.853. The lowest BCUT2D eigenvalue weighted by atomic mass is 9.81. The van der Waals surface area contributed by atoms with E-state index in [0.29, 0.717) is 0 Å². The van der Waals surface area contributed by atoms with Crippen LogP contribution < -0.4 is 0 Å². The van der Waals surface area contributed by atoms with Gasteiger partial charge in [-0.3, -0.25) is 0 Å². The fourth-order valence-electron chi connectivity index (χ4n) is 1.75. The van der Waals surface area contributed by atoms with Gasteiger partial charge in [-0.25, -0.2) is 0 Å². The predicted octanol–water partition coefficient (Wildman–Crippen LogP) is 4.10. The van der Waals surface area contributed by atoms with Crippen LogP contribution in [0.5, 0.6) is 0 Å². The van der Waals surface area contributed by atoms with Crippen LogP contribution >= 0.6 is 0 Å². The molecular weight excluding hydrogens is 132 g/mol. The van der Waals surface area contributed by atoms with Gasteiger partial charge >= 0.3 is 0 Å². The lowest BCUT2D eigenvalue weighted by Gasteiger charge is -2.25. The van der Waals surface area contributed by atoms with Gasteiger partial charge in [0.25, 0.3) is 0 Å². The van der Waals surface area contributed by atoms with E-state index in [1.54, 1.807) is 0 Å². The Bertz CT molecular complexity index is 84.0. The van der Waals surface area contributed by atoms with Crippen molar-refractivity contribution in [3.05, 3.63) is 0 Å². The van der Waals surface area contributed by atoms with Crippen molar-refractivity contribution >= 4 is 0 Å². The van der Waals surface area contributed by atoms with Crippen LogP contribution in [-0.4, -0.2) is 0 Å². The summed E-state index contributed by atoms with van der Waals surface area (Å²) in [5, 5.41) is 0. The first-order valence-corrected chi connectivity index (χ1v) is 5.13. The zero-order valence-electron chi connectivity index (χ0n) is 8.85. The van der Waals surface area contributed by atoms with Gasteiger partial charge < -0.3 is 0 Å². The first kappa shape index (κ1) is 11.0. The molecule has 2 unspecified atom stereocenters. The van der Waals surface area contributed by atoms with E-state index < -0.39 is 0 Å². The second-order valence-electron chi connectivity index (χ2n) is 4.06. The molecule has 0 saturated carbocycles. The SMILES string of the molecule is CCCC(CC)C(C)C(C)C. The standard InChI is InChI=1S/C11H24/c1-6-8-11(7-2)10(5)9(3)4/h9-11H,6-8H2,1-5H3. The number of hydrogen-bond donors (Lipinski definition) is 0. The second-order valence-corrected chi connectivity index (χ2v) is 4.06. The van der Waals surface area contributed by atoms with E-state index in [1.165, 1.54) is 19.3 Å². The predicted molar refractivity (Wildman–Crippen MR) is 52.7 cm³/mol. The Balaban J connectivity index is 3.81. The van der Waals surface area contributed by atoms with Gasteiger partial charge in [-0.05, 0) is 17.8 Å². The third kappa shape index (κ3) is 3.79. The third-order valence-electron chi connectivity index (χ3n) is 2.98. The number of rotatable bonds is 5. The molecule has 0 rings (SSSR count). The molecule has 2 atom stereocenters. The zero-order chi connectivity index (χ0) is 8.85. The topological polar surface area (TPSA) is 0 Å². The highest BCUT2D eigenvalue weighted by atomic mass is 14.2. The first-order valence-electron chi connectivity index (χ1n) is 5.13. The molecule has 0 aromatic heterocycles. The average Bonchev–Trinajstić information content (AvgIpc) is 1.98. The maximum Gasteiger partial charge on any atom is -0.0389 e. The summed E-state index contributed by atoms with van der Waals surface area (Å²) < 4.78 is 0. The van der Waals surface area contributed by atoms with Crippen molar-refractivity contribution in [2.24, 2.45) is 17.8 Å². The average molecular weight is 156 g/mol. The Labute approximate surface area is 72.4 Å². The lowest BCUT2D eigenvalue weighted by molar-refractivity contribution is 0.253. The fourth-order valence-corrected chi connectivity index (χ4v) is 1.75. The Kier molecular flexibility index (Phi) is 5.62. The van der Waals surface area contributed by atoms with Crippen molar-refractivity contribution in [1.82, 2.24) is 0 Å². The molecule has 0 aliphatic rings. The summed E-state index contributed by atoms with van der Waals surface area (Å²) in [7, 11) is 0. The van der Waals surface area contributed by atoms with Crippen molar-refractivity contribution in [3.63, 3.8) is 0 Å². The molecule has 0 aromatic rings. The van der Waals surface area contributed by atoms with Crippen LogP contribution in [0.3, 0.4) is 0 Å². The molecule has 0 aliphatic heterocycles. The zero-order valence-corrected chi connectivity index (χ0v) is 8.85. The highest BCUT2D eigenvalue weighted by Gasteiger charge is 2.16. The molecule has 11 heavy (non-hydrogen) atoms. The van der Waals surface area contributed by atoms with E-state index in [0.717, 1.165) is 17.8 Å². The van der Waals surface area contributed by atoms with Crippen LogP contribution in [-0.2, 0) is 0 Å². The molecule has 0 amide bonds. The van der Waals surface area contributed by atoms with Crippen molar-refractivity contribution < 1.29 is 0 Å². The summed E-state index contributed by atoms with van der Waals surface area (Å²) >= 11 is 0. The van der Waals surface area contributed by atoms with Crippen molar-refractivity contribution in [3.8, 4) is 0 Å². The molecule has 0 spiro atoms. The fraction of sp³-hybridized carbons (Fsp3) is 1.00. The summed E-state index contributed by atoms with van der Waals surface area (Å²) in [6.45, 7) is 11.7. The maximum atomic E-state index is 2.40. The minimum absolute atomic E-state index is 0.853. The second kappa shape index (κ2) is 5.62. The van der Waals surface area contributed by atoms with Crippen molar-refractivity contribution in [1.29, 1.82) is 0 Å². The number of hydrogen-bond acceptors (Lipinski definition) is 0. The van der Waals surface area contributed by atoms with Crippen molar-refractivity contribution in [2.75, 3.05) is 0 Å². The van der Waals surface area contributed by atoms with Crippen LogP contribution in [0, 0.1) is 17.8 Å². The molecular formula is C11H24. The van der Waals surface area contributed by atoms with Crippen LogP contribution in [0.4, 0.5) is 0 Å². The molecule has 0 saturated heterocycles. The van der Waals surface area contributed by atoms with Crippen LogP contribution in [0.25, 0.3) is 0 Å². The van der Waals surface area contributed by atoms with Crippen LogP contribution in [0.15, 0.2) is 0 Å². The van der Waals surface area contributed by atoms with Gasteiger partial charge in [-0.15, -0.1) is 0 Å². The van der Waals surface area contributed by atoms with E-state index in [-0.39, 0.29) is 0 Å². The van der Waals surface area contributed by atoms with E-state index >= 15 is 0 Å². The summed E-state index contributed by atoms with van der Waals surface area (Å²) in [5.74, 6) is 2.71. The monoisotopic (exact) mass is 156 g/mol. The summed E-state index contributed by atoms with van der Waals surface area (Å²) in [6, 6.07) is 0. The van der Waals surface area contributed by atoms with Gasteiger partial charge in [0.1, 0.15) is 0 Å². The largest absolute Gasteiger partial charge is 0.0654 e. The molecule has 0 aliphatic carbocycles. The normalized spacial score (nSPS) is 16.9. The molecule has 68 valence electrons. The molecule has 0 heteroatoms. The molecule has 0 fully saturated rings.